The first-order valence-electron chi connectivity index (χ1n) is 4.55. The lowest BCUT2D eigenvalue weighted by atomic mass is 9.99. The van der Waals surface area contributed by atoms with Crippen molar-refractivity contribution < 1.29 is 4.79 Å². The summed E-state index contributed by atoms with van der Waals surface area (Å²) in [5.74, 6) is 2.44. The van der Waals surface area contributed by atoms with Gasteiger partial charge in [-0.25, -0.2) is 0 Å². The summed E-state index contributed by atoms with van der Waals surface area (Å²) in [6.45, 7) is 5.70. The number of hydrogen-bond acceptors (Lipinski definition) is 2. The lowest BCUT2D eigenvalue weighted by Gasteiger charge is -2.18. The molecular weight excluding hydrogens is 164 g/mol. The summed E-state index contributed by atoms with van der Waals surface area (Å²) < 4.78 is 0. The molecule has 3 N–H and O–H groups in total. The molecular formula is C10H18N2O. The summed E-state index contributed by atoms with van der Waals surface area (Å²) in [5, 5.41) is 2.64. The summed E-state index contributed by atoms with van der Waals surface area (Å²) in [6, 6.07) is -0.705. The van der Waals surface area contributed by atoms with E-state index in [9.17, 15) is 4.79 Å². The van der Waals surface area contributed by atoms with Gasteiger partial charge in [-0.15, -0.1) is 6.42 Å². The lowest BCUT2D eigenvalue weighted by Crippen LogP contribution is -2.47. The average Bonchev–Trinajstić information content (AvgIpc) is 2.14. The number of carbonyl (C=O) groups excluding carboxylic acids is 1. The van der Waals surface area contributed by atoms with Gasteiger partial charge < -0.3 is 11.1 Å². The van der Waals surface area contributed by atoms with Crippen LogP contribution in [-0.2, 0) is 4.79 Å². The van der Waals surface area contributed by atoms with E-state index in [2.05, 4.69) is 11.2 Å². The first kappa shape index (κ1) is 12.0. The summed E-state index contributed by atoms with van der Waals surface area (Å²) in [5.41, 5.74) is 5.69. The van der Waals surface area contributed by atoms with E-state index < -0.39 is 6.04 Å². The zero-order chi connectivity index (χ0) is 10.4. The van der Waals surface area contributed by atoms with Gasteiger partial charge >= 0.3 is 0 Å². The minimum atomic E-state index is -0.458. The van der Waals surface area contributed by atoms with Gasteiger partial charge in [0.2, 0.25) is 5.91 Å². The van der Waals surface area contributed by atoms with Crippen LogP contribution in [0.1, 0.15) is 27.2 Å². The van der Waals surface area contributed by atoms with Gasteiger partial charge in [-0.3, -0.25) is 4.79 Å². The van der Waals surface area contributed by atoms with Gasteiger partial charge in [0.05, 0.1) is 12.1 Å². The quantitative estimate of drug-likeness (QED) is 0.622. The highest BCUT2D eigenvalue weighted by Crippen LogP contribution is 2.05. The van der Waals surface area contributed by atoms with Crippen molar-refractivity contribution in [2.45, 2.75) is 39.3 Å². The monoisotopic (exact) mass is 182 g/mol. The summed E-state index contributed by atoms with van der Waals surface area (Å²) >= 11 is 0. The van der Waals surface area contributed by atoms with Crippen LogP contribution in [-0.4, -0.2) is 18.0 Å². The van der Waals surface area contributed by atoms with Crippen LogP contribution in [0.3, 0.4) is 0 Å². The predicted octanol–water partition coefficient (Wildman–Crippen LogP) is 0.498. The molecule has 3 nitrogen and oxygen atoms in total. The maximum atomic E-state index is 11.4. The second-order valence-corrected chi connectivity index (χ2v) is 3.31. The zero-order valence-corrected chi connectivity index (χ0v) is 8.50. The second kappa shape index (κ2) is 5.60. The second-order valence-electron chi connectivity index (χ2n) is 3.31. The molecule has 0 saturated carbocycles. The Morgan fingerprint density at radius 2 is 2.15 bits per heavy atom. The maximum Gasteiger partial charge on any atom is 0.238 e. The molecule has 0 aliphatic heterocycles. The van der Waals surface area contributed by atoms with Gasteiger partial charge in [-0.1, -0.05) is 26.2 Å². The topological polar surface area (TPSA) is 55.1 Å². The third kappa shape index (κ3) is 3.95. The lowest BCUT2D eigenvalue weighted by molar-refractivity contribution is -0.123. The average molecular weight is 182 g/mol. The molecule has 74 valence electrons. The normalized spacial score (nSPS) is 16.8. The molecule has 0 saturated heterocycles. The largest absolute Gasteiger partial charge is 0.341 e. The van der Waals surface area contributed by atoms with Crippen LogP contribution in [0.15, 0.2) is 0 Å². The number of nitrogens with two attached hydrogens (primary N) is 1. The minimum absolute atomic E-state index is 0.167. The molecule has 3 heteroatoms. The number of amides is 1. The molecule has 0 aromatic rings. The summed E-state index contributed by atoms with van der Waals surface area (Å²) in [7, 11) is 0. The van der Waals surface area contributed by atoms with Crippen LogP contribution in [0.4, 0.5) is 0 Å². The van der Waals surface area contributed by atoms with Crippen molar-refractivity contribution in [3.63, 3.8) is 0 Å². The highest BCUT2D eigenvalue weighted by molar-refractivity contribution is 5.82. The SMILES string of the molecule is C#CC(C)NC(=O)[C@@H](N)C(C)CC. The van der Waals surface area contributed by atoms with Crippen molar-refractivity contribution in [2.24, 2.45) is 11.7 Å². The zero-order valence-electron chi connectivity index (χ0n) is 8.50. The Morgan fingerprint density at radius 3 is 2.54 bits per heavy atom. The van der Waals surface area contributed by atoms with E-state index in [0.717, 1.165) is 6.42 Å². The number of nitrogens with one attached hydrogen (secondary N) is 1. The van der Waals surface area contributed by atoms with Crippen molar-refractivity contribution in [3.05, 3.63) is 0 Å². The minimum Gasteiger partial charge on any atom is -0.341 e. The van der Waals surface area contributed by atoms with E-state index >= 15 is 0 Å². The predicted molar refractivity (Wildman–Crippen MR) is 53.9 cm³/mol. The van der Waals surface area contributed by atoms with Crippen molar-refractivity contribution in [1.82, 2.24) is 5.32 Å². The fraction of sp³-hybridized carbons (Fsp3) is 0.700. The third-order valence-corrected chi connectivity index (χ3v) is 2.17. The summed E-state index contributed by atoms with van der Waals surface area (Å²) in [6.07, 6.45) is 6.01. The van der Waals surface area contributed by atoms with Crippen molar-refractivity contribution in [3.8, 4) is 12.3 Å². The maximum absolute atomic E-state index is 11.4. The van der Waals surface area contributed by atoms with Crippen LogP contribution >= 0.6 is 0 Å². The Labute approximate surface area is 80.1 Å². The van der Waals surface area contributed by atoms with Crippen molar-refractivity contribution in [2.75, 3.05) is 0 Å². The van der Waals surface area contributed by atoms with E-state index in [-0.39, 0.29) is 17.9 Å². The van der Waals surface area contributed by atoms with Crippen LogP contribution in [0.2, 0.25) is 0 Å². The highest BCUT2D eigenvalue weighted by atomic mass is 16.2. The van der Waals surface area contributed by atoms with Crippen LogP contribution in [0, 0.1) is 18.3 Å². The molecule has 1 amide bonds. The molecule has 0 bridgehead atoms. The van der Waals surface area contributed by atoms with Gasteiger partial charge in [0.15, 0.2) is 0 Å². The molecule has 13 heavy (non-hydrogen) atoms. The summed E-state index contributed by atoms with van der Waals surface area (Å²) in [4.78, 5) is 11.4. The molecule has 0 heterocycles. The molecule has 0 aliphatic carbocycles. The Morgan fingerprint density at radius 1 is 1.62 bits per heavy atom. The molecule has 0 fully saturated rings. The van der Waals surface area contributed by atoms with E-state index in [1.165, 1.54) is 0 Å². The van der Waals surface area contributed by atoms with Gasteiger partial charge in [0, 0.05) is 0 Å². The Hall–Kier alpha value is -1.01. The molecule has 0 spiro atoms. The third-order valence-electron chi connectivity index (χ3n) is 2.17. The first-order valence-corrected chi connectivity index (χ1v) is 4.55. The van der Waals surface area contributed by atoms with E-state index in [1.54, 1.807) is 6.92 Å². The fourth-order valence-corrected chi connectivity index (χ4v) is 0.864. The van der Waals surface area contributed by atoms with Gasteiger partial charge in [0.25, 0.3) is 0 Å². The highest BCUT2D eigenvalue weighted by Gasteiger charge is 2.19. The van der Waals surface area contributed by atoms with Crippen molar-refractivity contribution >= 4 is 5.91 Å². The van der Waals surface area contributed by atoms with Crippen LogP contribution in [0.25, 0.3) is 0 Å². The Balaban J connectivity index is 4.05. The molecule has 0 aromatic carbocycles. The molecule has 3 atom stereocenters. The van der Waals surface area contributed by atoms with Crippen LogP contribution < -0.4 is 11.1 Å². The Kier molecular flexibility index (Phi) is 5.17. The molecule has 0 radical (unpaired) electrons. The van der Waals surface area contributed by atoms with E-state index in [0.29, 0.717) is 0 Å². The molecule has 0 aromatic heterocycles. The Bertz CT molecular complexity index is 207. The van der Waals surface area contributed by atoms with E-state index in [4.69, 9.17) is 12.2 Å². The van der Waals surface area contributed by atoms with E-state index in [1.807, 2.05) is 13.8 Å². The number of terminal acetylenes is 1. The first-order chi connectivity index (χ1) is 6.02. The molecule has 0 rings (SSSR count). The van der Waals surface area contributed by atoms with Crippen molar-refractivity contribution in [1.29, 1.82) is 0 Å². The standard InChI is InChI=1S/C10H18N2O/c1-5-7(3)9(11)10(13)12-8(4)6-2/h2,7-9H,5,11H2,1,3-4H3,(H,12,13)/t7?,8?,9-/m0/s1. The fourth-order valence-electron chi connectivity index (χ4n) is 0.864. The molecule has 0 aliphatic rings. The molecule has 2 unspecified atom stereocenters. The van der Waals surface area contributed by atoms with Gasteiger partial charge in [-0.2, -0.15) is 0 Å². The number of rotatable bonds is 4. The number of hydrogen-bond donors (Lipinski definition) is 2. The van der Waals surface area contributed by atoms with Gasteiger partial charge in [-0.05, 0) is 12.8 Å². The number of carbonyl (C=O) groups is 1. The van der Waals surface area contributed by atoms with Crippen LogP contribution in [0.5, 0.6) is 0 Å². The van der Waals surface area contributed by atoms with Gasteiger partial charge in [0.1, 0.15) is 0 Å². The smallest absolute Gasteiger partial charge is 0.238 e.